The number of Topliss-reactive ketones (excluding diaryl/α,β-unsaturated/α-hetero) is 1. The Kier molecular flexibility index (Phi) is 6.00. The summed E-state index contributed by atoms with van der Waals surface area (Å²) < 4.78 is 41.0. The van der Waals surface area contributed by atoms with Crippen LogP contribution in [0, 0.1) is 0 Å². The summed E-state index contributed by atoms with van der Waals surface area (Å²) in [5.74, 6) is -0.249. The van der Waals surface area contributed by atoms with Gasteiger partial charge in [-0.3, -0.25) is 4.79 Å². The van der Waals surface area contributed by atoms with Crippen molar-refractivity contribution in [1.29, 1.82) is 0 Å². The van der Waals surface area contributed by atoms with Crippen LogP contribution in [0.4, 0.5) is 13.2 Å². The first kappa shape index (κ1) is 15.4. The highest BCUT2D eigenvalue weighted by molar-refractivity contribution is 5.86. The average molecular weight is 240 g/mol. The third kappa shape index (κ3) is 5.49. The van der Waals surface area contributed by atoms with Crippen molar-refractivity contribution in [1.82, 2.24) is 0 Å². The molecule has 0 bridgehead atoms. The van der Waals surface area contributed by atoms with Gasteiger partial charge < -0.3 is 4.74 Å². The Morgan fingerprint density at radius 1 is 1.25 bits per heavy atom. The van der Waals surface area contributed by atoms with Crippen LogP contribution in [-0.4, -0.2) is 24.2 Å². The number of alkyl halides is 3. The summed E-state index contributed by atoms with van der Waals surface area (Å²) in [6.07, 6.45) is -4.86. The number of carbonyl (C=O) groups excluding carboxylic acids is 1. The molecule has 0 amide bonds. The first-order valence-electron chi connectivity index (χ1n) is 5.49. The van der Waals surface area contributed by atoms with E-state index in [1.807, 2.05) is 0 Å². The molecule has 0 rings (SSSR count). The molecule has 0 aromatic carbocycles. The van der Waals surface area contributed by atoms with Crippen molar-refractivity contribution in [2.75, 3.05) is 6.61 Å². The number of ether oxygens (including phenoxy) is 1. The van der Waals surface area contributed by atoms with Gasteiger partial charge in [0.1, 0.15) is 5.60 Å². The Balaban J connectivity index is 4.13. The Morgan fingerprint density at radius 3 is 2.19 bits per heavy atom. The molecule has 0 saturated carbocycles. The minimum atomic E-state index is -4.19. The van der Waals surface area contributed by atoms with Crippen LogP contribution in [0.25, 0.3) is 0 Å². The van der Waals surface area contributed by atoms with E-state index < -0.39 is 18.2 Å². The molecular weight excluding hydrogens is 221 g/mol. The van der Waals surface area contributed by atoms with E-state index in [0.29, 0.717) is 13.0 Å². The van der Waals surface area contributed by atoms with Crippen molar-refractivity contribution in [3.63, 3.8) is 0 Å². The lowest BCUT2D eigenvalue weighted by Gasteiger charge is -2.26. The van der Waals surface area contributed by atoms with Gasteiger partial charge in [-0.05, 0) is 26.7 Å². The molecule has 16 heavy (non-hydrogen) atoms. The van der Waals surface area contributed by atoms with Crippen molar-refractivity contribution in [2.45, 2.75) is 58.2 Å². The van der Waals surface area contributed by atoms with Crippen molar-refractivity contribution in [3.8, 4) is 0 Å². The van der Waals surface area contributed by atoms with Crippen molar-refractivity contribution >= 4 is 5.78 Å². The van der Waals surface area contributed by atoms with Crippen LogP contribution < -0.4 is 0 Å². The van der Waals surface area contributed by atoms with Gasteiger partial charge in [0.15, 0.2) is 5.78 Å². The van der Waals surface area contributed by atoms with Crippen LogP contribution in [0.2, 0.25) is 0 Å². The zero-order chi connectivity index (χ0) is 12.8. The lowest BCUT2D eigenvalue weighted by Crippen LogP contribution is -2.37. The van der Waals surface area contributed by atoms with Crippen LogP contribution in [-0.2, 0) is 9.53 Å². The summed E-state index contributed by atoms with van der Waals surface area (Å²) >= 11 is 0. The van der Waals surface area contributed by atoms with E-state index in [1.165, 1.54) is 0 Å². The predicted octanol–water partition coefficient (Wildman–Crippen LogP) is 3.49. The molecule has 0 aliphatic carbocycles. The molecule has 2 nitrogen and oxygen atoms in total. The number of ketones is 1. The molecule has 96 valence electrons. The highest BCUT2D eigenvalue weighted by atomic mass is 19.4. The van der Waals surface area contributed by atoms with Crippen LogP contribution in [0.15, 0.2) is 0 Å². The van der Waals surface area contributed by atoms with E-state index in [4.69, 9.17) is 4.74 Å². The summed E-state index contributed by atoms with van der Waals surface area (Å²) in [5, 5.41) is 0. The quantitative estimate of drug-likeness (QED) is 0.680. The zero-order valence-electron chi connectivity index (χ0n) is 9.99. The minimum absolute atomic E-state index is 0.0795. The highest BCUT2D eigenvalue weighted by Gasteiger charge is 2.32. The lowest BCUT2D eigenvalue weighted by molar-refractivity contribution is -0.146. The predicted molar refractivity (Wildman–Crippen MR) is 55.2 cm³/mol. The molecule has 0 aliphatic rings. The Hall–Kier alpha value is -0.580. The maximum Gasteiger partial charge on any atom is 0.389 e. The van der Waals surface area contributed by atoms with Crippen LogP contribution >= 0.6 is 0 Å². The number of carbonyl (C=O) groups is 1. The number of rotatable bonds is 7. The normalized spacial score (nSPS) is 15.9. The molecule has 1 unspecified atom stereocenters. The van der Waals surface area contributed by atoms with Gasteiger partial charge in [0.2, 0.25) is 0 Å². The molecule has 0 N–H and O–H groups in total. The average Bonchev–Trinajstić information content (AvgIpc) is 2.15. The van der Waals surface area contributed by atoms with Crippen LogP contribution in [0.3, 0.4) is 0 Å². The summed E-state index contributed by atoms with van der Waals surface area (Å²) in [6.45, 7) is 5.57. The molecule has 0 fully saturated rings. The van der Waals surface area contributed by atoms with Crippen LogP contribution in [0.1, 0.15) is 46.5 Å². The molecule has 0 aromatic rings. The van der Waals surface area contributed by atoms with E-state index in [9.17, 15) is 18.0 Å². The fraction of sp³-hybridized carbons (Fsp3) is 0.909. The lowest BCUT2D eigenvalue weighted by atomic mass is 9.93. The summed E-state index contributed by atoms with van der Waals surface area (Å²) in [5.41, 5.74) is -0.930. The maximum absolute atomic E-state index is 11.9. The summed E-state index contributed by atoms with van der Waals surface area (Å²) in [6, 6.07) is 0. The van der Waals surface area contributed by atoms with Gasteiger partial charge in [-0.2, -0.15) is 13.2 Å². The molecule has 1 atom stereocenters. The molecule has 0 radical (unpaired) electrons. The number of hydrogen-bond donors (Lipinski definition) is 0. The third-order valence-corrected chi connectivity index (χ3v) is 2.59. The van der Waals surface area contributed by atoms with Crippen molar-refractivity contribution < 1.29 is 22.7 Å². The molecule has 0 saturated heterocycles. The summed E-state index contributed by atoms with van der Waals surface area (Å²) in [4.78, 5) is 11.7. The number of hydrogen-bond acceptors (Lipinski definition) is 2. The van der Waals surface area contributed by atoms with E-state index in [-0.39, 0.29) is 18.6 Å². The second-order valence-electron chi connectivity index (χ2n) is 3.91. The minimum Gasteiger partial charge on any atom is -0.368 e. The summed E-state index contributed by atoms with van der Waals surface area (Å²) in [7, 11) is 0. The van der Waals surface area contributed by atoms with E-state index in [1.54, 1.807) is 20.8 Å². The highest BCUT2D eigenvalue weighted by Crippen LogP contribution is 2.25. The maximum atomic E-state index is 11.9. The van der Waals surface area contributed by atoms with Gasteiger partial charge in [0.05, 0.1) is 0 Å². The smallest absolute Gasteiger partial charge is 0.368 e. The molecule has 0 aromatic heterocycles. The van der Waals surface area contributed by atoms with E-state index >= 15 is 0 Å². The fourth-order valence-electron chi connectivity index (χ4n) is 1.41. The monoisotopic (exact) mass is 240 g/mol. The van der Waals surface area contributed by atoms with Gasteiger partial charge in [-0.25, -0.2) is 0 Å². The van der Waals surface area contributed by atoms with Crippen molar-refractivity contribution in [3.05, 3.63) is 0 Å². The first-order valence-corrected chi connectivity index (χ1v) is 5.49. The van der Waals surface area contributed by atoms with E-state index in [0.717, 1.165) is 0 Å². The van der Waals surface area contributed by atoms with Crippen molar-refractivity contribution in [2.24, 2.45) is 0 Å². The SMILES string of the molecule is CCOC(C)(CC)C(=O)CCCC(F)(F)F. The van der Waals surface area contributed by atoms with Gasteiger partial charge >= 0.3 is 6.18 Å². The zero-order valence-corrected chi connectivity index (χ0v) is 9.99. The molecule has 0 aliphatic heterocycles. The van der Waals surface area contributed by atoms with Gasteiger partial charge in [-0.15, -0.1) is 0 Å². The molecule has 0 heterocycles. The largest absolute Gasteiger partial charge is 0.389 e. The van der Waals surface area contributed by atoms with Gasteiger partial charge in [0.25, 0.3) is 0 Å². The standard InChI is InChI=1S/C11H19F3O2/c1-4-10(3,16-5-2)9(15)7-6-8-11(12,13)14/h4-8H2,1-3H3. The first-order chi connectivity index (χ1) is 7.25. The van der Waals surface area contributed by atoms with Crippen LogP contribution in [0.5, 0.6) is 0 Å². The molecule has 5 heteroatoms. The Labute approximate surface area is 94.2 Å². The van der Waals surface area contributed by atoms with Gasteiger partial charge in [0, 0.05) is 19.4 Å². The third-order valence-electron chi connectivity index (χ3n) is 2.59. The Bertz CT molecular complexity index is 226. The second-order valence-corrected chi connectivity index (χ2v) is 3.91. The fourth-order valence-corrected chi connectivity index (χ4v) is 1.41. The Morgan fingerprint density at radius 2 is 1.81 bits per heavy atom. The number of halogens is 3. The molecular formula is C11H19F3O2. The van der Waals surface area contributed by atoms with E-state index in [2.05, 4.69) is 0 Å². The molecule has 0 spiro atoms. The van der Waals surface area contributed by atoms with Gasteiger partial charge in [-0.1, -0.05) is 6.92 Å². The second kappa shape index (κ2) is 6.23. The topological polar surface area (TPSA) is 26.3 Å².